The van der Waals surface area contributed by atoms with Crippen molar-refractivity contribution in [2.75, 3.05) is 13.1 Å². The maximum Gasteiger partial charge on any atom is 0.263 e. The van der Waals surface area contributed by atoms with Gasteiger partial charge in [-0.3, -0.25) is 9.11 Å². The molecule has 0 saturated carbocycles. The molecule has 0 heterocycles. The van der Waals surface area contributed by atoms with Crippen LogP contribution in [0.5, 0.6) is 5.75 Å². The zero-order chi connectivity index (χ0) is 13.3. The summed E-state index contributed by atoms with van der Waals surface area (Å²) in [6, 6.07) is 7.46. The van der Waals surface area contributed by atoms with E-state index in [4.69, 9.17) is 13.3 Å². The van der Waals surface area contributed by atoms with Crippen LogP contribution in [0.1, 0.15) is 12.5 Å². The molecular weight excluding hydrogens is 262 g/mol. The number of phenols is 1. The average Bonchev–Trinajstić information content (AvgIpc) is 2.19. The number of aromatic hydroxyl groups is 1. The zero-order valence-corrected chi connectivity index (χ0v) is 11.1. The van der Waals surface area contributed by atoms with Crippen LogP contribution in [0.2, 0.25) is 0 Å². The van der Waals surface area contributed by atoms with Crippen LogP contribution >= 0.6 is 0 Å². The van der Waals surface area contributed by atoms with Crippen LogP contribution in [-0.2, 0) is 26.7 Å². The monoisotopic (exact) mass is 279 g/mol. The minimum Gasteiger partial charge on any atom is -0.508 e. The van der Waals surface area contributed by atoms with Crippen molar-refractivity contribution in [1.29, 1.82) is 0 Å². The normalized spacial score (nSPS) is 10.5. The minimum atomic E-state index is -3.83. The predicted octanol–water partition coefficient (Wildman–Crippen LogP) is 1.22. The molecule has 0 spiro atoms. The molecule has 17 heavy (non-hydrogen) atoms. The molecule has 0 bridgehead atoms. The van der Waals surface area contributed by atoms with Crippen LogP contribution in [-0.4, -0.2) is 31.5 Å². The Bertz CT molecular complexity index is 412. The molecule has 4 N–H and O–H groups in total. The molecule has 0 radical (unpaired) electrons. The van der Waals surface area contributed by atoms with Crippen molar-refractivity contribution < 1.29 is 18.4 Å². The molecule has 98 valence electrons. The van der Waals surface area contributed by atoms with Crippen LogP contribution in [0.15, 0.2) is 24.3 Å². The predicted molar refractivity (Wildman–Crippen MR) is 71.1 cm³/mol. The Kier molecular flexibility index (Phi) is 8.01. The number of hydrogen-bond acceptors (Lipinski definition) is 4. The van der Waals surface area contributed by atoms with Crippen molar-refractivity contribution in [1.82, 2.24) is 5.32 Å². The maximum atomic E-state index is 9.38. The Balaban J connectivity index is 0.000000437. The molecule has 0 aliphatic rings. The molecule has 0 fully saturated rings. The van der Waals surface area contributed by atoms with E-state index in [0.29, 0.717) is 5.75 Å². The lowest BCUT2D eigenvalue weighted by atomic mass is 10.1. The van der Waals surface area contributed by atoms with Gasteiger partial charge >= 0.3 is 0 Å². The standard InChI is InChI=1S/C10H15NO.H2O3S2/c1-2-11-8-7-9-5-3-4-6-10(9)12;1-5(2,3)4/h3-6,11-12H,2,7-8H2,1H3;(H2,1,2,3,4). The van der Waals surface area contributed by atoms with Crippen LogP contribution in [0.3, 0.4) is 0 Å². The van der Waals surface area contributed by atoms with Crippen molar-refractivity contribution in [2.24, 2.45) is 0 Å². The molecule has 0 unspecified atom stereocenters. The smallest absolute Gasteiger partial charge is 0.263 e. The third-order valence-electron chi connectivity index (χ3n) is 1.81. The number of likely N-dealkylation sites (N-methyl/N-ethyl adjacent to an activating group) is 1. The topological polar surface area (TPSA) is 89.8 Å². The highest BCUT2D eigenvalue weighted by Gasteiger charge is 1.97. The van der Waals surface area contributed by atoms with E-state index in [2.05, 4.69) is 23.4 Å². The lowest BCUT2D eigenvalue weighted by Gasteiger charge is -2.03. The highest BCUT2D eigenvalue weighted by atomic mass is 32.9. The van der Waals surface area contributed by atoms with Gasteiger partial charge in [0.15, 0.2) is 0 Å². The molecule has 1 rings (SSSR count). The van der Waals surface area contributed by atoms with Gasteiger partial charge in [-0.05, 0) is 31.1 Å². The first-order valence-electron chi connectivity index (χ1n) is 5.02. The van der Waals surface area contributed by atoms with Gasteiger partial charge in [0, 0.05) is 11.2 Å². The van der Waals surface area contributed by atoms with Gasteiger partial charge < -0.3 is 10.4 Å². The maximum absolute atomic E-state index is 9.38. The van der Waals surface area contributed by atoms with E-state index in [-0.39, 0.29) is 0 Å². The van der Waals surface area contributed by atoms with Crippen molar-refractivity contribution in [3.63, 3.8) is 0 Å². The third-order valence-corrected chi connectivity index (χ3v) is 1.81. The summed E-state index contributed by atoms with van der Waals surface area (Å²) < 4.78 is 24.0. The SMILES string of the molecule is CCNCCc1ccccc1O.O=S(O)(O)=S. The average molecular weight is 279 g/mol. The van der Waals surface area contributed by atoms with E-state index in [9.17, 15) is 5.11 Å². The summed E-state index contributed by atoms with van der Waals surface area (Å²) >= 11 is 3.47. The van der Waals surface area contributed by atoms with Gasteiger partial charge in [-0.15, -0.1) is 0 Å². The van der Waals surface area contributed by atoms with Crippen LogP contribution < -0.4 is 5.32 Å². The summed E-state index contributed by atoms with van der Waals surface area (Å²) in [6.45, 7) is 3.98. The fourth-order valence-corrected chi connectivity index (χ4v) is 1.12. The Morgan fingerprint density at radius 2 is 1.88 bits per heavy atom. The Morgan fingerprint density at radius 1 is 1.35 bits per heavy atom. The summed E-state index contributed by atoms with van der Waals surface area (Å²) in [5.74, 6) is 0.399. The molecule has 0 atom stereocenters. The van der Waals surface area contributed by atoms with Crippen molar-refractivity contribution in [2.45, 2.75) is 13.3 Å². The highest BCUT2D eigenvalue weighted by Crippen LogP contribution is 2.15. The van der Waals surface area contributed by atoms with E-state index in [1.807, 2.05) is 18.2 Å². The van der Waals surface area contributed by atoms with Crippen molar-refractivity contribution in [3.05, 3.63) is 29.8 Å². The van der Waals surface area contributed by atoms with Crippen molar-refractivity contribution in [3.8, 4) is 5.75 Å². The van der Waals surface area contributed by atoms with E-state index >= 15 is 0 Å². The first-order chi connectivity index (χ1) is 7.84. The fraction of sp³-hybridized carbons (Fsp3) is 0.400. The van der Waals surface area contributed by atoms with E-state index < -0.39 is 9.05 Å². The van der Waals surface area contributed by atoms with E-state index in [0.717, 1.165) is 25.1 Å². The van der Waals surface area contributed by atoms with Crippen molar-refractivity contribution >= 4 is 20.2 Å². The summed E-state index contributed by atoms with van der Waals surface area (Å²) in [4.78, 5) is 0. The number of hydrogen-bond donors (Lipinski definition) is 4. The Hall–Kier alpha value is -0.730. The summed E-state index contributed by atoms with van der Waals surface area (Å²) in [7, 11) is -3.83. The van der Waals surface area contributed by atoms with Gasteiger partial charge in [0.25, 0.3) is 9.05 Å². The first-order valence-corrected chi connectivity index (χ1v) is 7.41. The molecule has 7 heteroatoms. The second-order valence-corrected chi connectivity index (χ2v) is 5.38. The molecule has 0 amide bonds. The molecule has 0 aliphatic heterocycles. The Labute approximate surface area is 106 Å². The zero-order valence-electron chi connectivity index (χ0n) is 9.50. The number of phenolic OH excluding ortho intramolecular Hbond substituents is 1. The van der Waals surface area contributed by atoms with Crippen LogP contribution in [0, 0.1) is 0 Å². The number of para-hydroxylation sites is 1. The summed E-state index contributed by atoms with van der Waals surface area (Å²) in [6.07, 6.45) is 0.889. The van der Waals surface area contributed by atoms with Gasteiger partial charge in [-0.25, -0.2) is 0 Å². The highest BCUT2D eigenvalue weighted by molar-refractivity contribution is 8.26. The molecule has 1 aromatic rings. The number of nitrogens with one attached hydrogen (secondary N) is 1. The quantitative estimate of drug-likeness (QED) is 0.620. The van der Waals surface area contributed by atoms with Crippen LogP contribution in [0.25, 0.3) is 0 Å². The van der Waals surface area contributed by atoms with Crippen LogP contribution in [0.4, 0.5) is 0 Å². The van der Waals surface area contributed by atoms with Gasteiger partial charge in [0.2, 0.25) is 0 Å². The number of benzene rings is 1. The summed E-state index contributed by atoms with van der Waals surface area (Å²) in [5.41, 5.74) is 1.01. The number of rotatable bonds is 4. The van der Waals surface area contributed by atoms with Gasteiger partial charge in [-0.2, -0.15) is 4.21 Å². The van der Waals surface area contributed by atoms with Gasteiger partial charge in [0.05, 0.1) is 0 Å². The Morgan fingerprint density at radius 3 is 2.35 bits per heavy atom. The van der Waals surface area contributed by atoms with Gasteiger partial charge in [-0.1, -0.05) is 25.1 Å². The molecular formula is C10H17NO4S2. The molecule has 0 aromatic heterocycles. The van der Waals surface area contributed by atoms with Gasteiger partial charge in [0.1, 0.15) is 5.75 Å². The second-order valence-electron chi connectivity index (χ2n) is 3.18. The van der Waals surface area contributed by atoms with E-state index in [1.54, 1.807) is 6.07 Å². The molecule has 0 saturated heterocycles. The lowest BCUT2D eigenvalue weighted by molar-refractivity contribution is 0.450. The largest absolute Gasteiger partial charge is 0.508 e. The lowest BCUT2D eigenvalue weighted by Crippen LogP contribution is -2.15. The summed E-state index contributed by atoms with van der Waals surface area (Å²) in [5, 5.41) is 12.6. The second kappa shape index (κ2) is 8.37. The third kappa shape index (κ3) is 11.5. The minimum absolute atomic E-state index is 0.399. The first kappa shape index (κ1) is 16.3. The fourth-order valence-electron chi connectivity index (χ4n) is 1.12. The molecule has 5 nitrogen and oxygen atoms in total. The molecule has 1 aromatic carbocycles. The molecule has 0 aliphatic carbocycles. The van der Waals surface area contributed by atoms with E-state index in [1.165, 1.54) is 0 Å².